The number of aromatic nitrogens is 1. The molecule has 0 fully saturated rings. The molecule has 0 amide bonds. The van der Waals surface area contributed by atoms with Gasteiger partial charge < -0.3 is 0 Å². The predicted molar refractivity (Wildman–Crippen MR) is 88.6 cm³/mol. The monoisotopic (exact) mass is 281 g/mol. The summed E-state index contributed by atoms with van der Waals surface area (Å²) in [5.74, 6) is -0.537. The van der Waals surface area contributed by atoms with Gasteiger partial charge in [0.2, 0.25) is 5.69 Å². The summed E-state index contributed by atoms with van der Waals surface area (Å²) in [6, 6.07) is 8.82. The number of hydrogen-bond acceptors (Lipinski definition) is 0. The van der Waals surface area contributed by atoms with E-state index in [1.807, 2.05) is 0 Å². The molecule has 1 heteroatoms. The molecule has 1 heterocycles. The van der Waals surface area contributed by atoms with Crippen LogP contribution < -0.4 is 4.57 Å². The standard InChI is InChI=1S/C20H26N/c1-13-7-8-16(14(2)11-13)19-18-15(3)12-20(4,5)17(18)9-10-21(19)6/h7-11,15H,12H2,1-6H3/q+1/i15D. The van der Waals surface area contributed by atoms with Gasteiger partial charge in [-0.25, -0.2) is 4.57 Å². The minimum absolute atomic E-state index is 0.0629. The van der Waals surface area contributed by atoms with E-state index in [-0.39, 0.29) is 5.41 Å². The number of pyridine rings is 1. The fourth-order valence-corrected chi connectivity index (χ4v) is 3.89. The first-order valence-electron chi connectivity index (χ1n) is 8.25. The van der Waals surface area contributed by atoms with Crippen molar-refractivity contribution in [2.45, 2.75) is 52.3 Å². The molecule has 1 nitrogen and oxygen atoms in total. The van der Waals surface area contributed by atoms with Crippen LogP contribution in [0.5, 0.6) is 0 Å². The molecule has 0 spiro atoms. The van der Waals surface area contributed by atoms with E-state index in [9.17, 15) is 0 Å². The zero-order valence-electron chi connectivity index (χ0n) is 15.0. The van der Waals surface area contributed by atoms with Crippen LogP contribution in [0.25, 0.3) is 11.3 Å². The van der Waals surface area contributed by atoms with Crippen LogP contribution in [-0.4, -0.2) is 0 Å². The van der Waals surface area contributed by atoms with Gasteiger partial charge in [-0.3, -0.25) is 0 Å². The lowest BCUT2D eigenvalue weighted by Gasteiger charge is -2.18. The lowest BCUT2D eigenvalue weighted by Crippen LogP contribution is -2.33. The van der Waals surface area contributed by atoms with E-state index in [0.29, 0.717) is 0 Å². The molecule has 110 valence electrons. The second-order valence-corrected chi connectivity index (χ2v) is 7.22. The molecule has 1 aliphatic carbocycles. The molecule has 0 saturated heterocycles. The number of hydrogen-bond donors (Lipinski definition) is 0. The van der Waals surface area contributed by atoms with Gasteiger partial charge in [0.25, 0.3) is 0 Å². The van der Waals surface area contributed by atoms with Crippen molar-refractivity contribution in [2.24, 2.45) is 7.05 Å². The van der Waals surface area contributed by atoms with Crippen molar-refractivity contribution in [3.05, 3.63) is 52.7 Å². The van der Waals surface area contributed by atoms with E-state index in [1.165, 1.54) is 33.5 Å². The first kappa shape index (κ1) is 13.1. The Morgan fingerprint density at radius 2 is 1.95 bits per heavy atom. The fraction of sp³-hybridized carbons (Fsp3) is 0.450. The van der Waals surface area contributed by atoms with Gasteiger partial charge in [-0.2, -0.15) is 0 Å². The van der Waals surface area contributed by atoms with Crippen molar-refractivity contribution in [3.8, 4) is 11.3 Å². The third-order valence-electron chi connectivity index (χ3n) is 4.82. The summed E-state index contributed by atoms with van der Waals surface area (Å²) >= 11 is 0. The molecule has 1 unspecified atom stereocenters. The third kappa shape index (κ3) is 2.19. The quantitative estimate of drug-likeness (QED) is 0.674. The van der Waals surface area contributed by atoms with Crippen molar-refractivity contribution in [1.82, 2.24) is 0 Å². The van der Waals surface area contributed by atoms with Gasteiger partial charge in [0.05, 0.1) is 0 Å². The second kappa shape index (κ2) is 4.69. The van der Waals surface area contributed by atoms with Crippen molar-refractivity contribution < 1.29 is 5.94 Å². The molecule has 21 heavy (non-hydrogen) atoms. The van der Waals surface area contributed by atoms with E-state index < -0.39 is 5.89 Å². The van der Waals surface area contributed by atoms with E-state index in [4.69, 9.17) is 1.37 Å². The molecule has 1 aromatic heterocycles. The molecule has 0 bridgehead atoms. The van der Waals surface area contributed by atoms with Crippen molar-refractivity contribution >= 4 is 0 Å². The van der Waals surface area contributed by atoms with Crippen LogP contribution in [0.1, 0.15) is 56.7 Å². The first-order chi connectivity index (χ1) is 10.1. The van der Waals surface area contributed by atoms with Crippen molar-refractivity contribution in [3.63, 3.8) is 0 Å². The molecule has 1 atom stereocenters. The highest BCUT2D eigenvalue weighted by atomic mass is 14.9. The lowest BCUT2D eigenvalue weighted by atomic mass is 9.86. The van der Waals surface area contributed by atoms with Crippen LogP contribution in [0.3, 0.4) is 0 Å². The van der Waals surface area contributed by atoms with Crippen LogP contribution >= 0.6 is 0 Å². The molecule has 0 radical (unpaired) electrons. The molecule has 1 aromatic carbocycles. The van der Waals surface area contributed by atoms with Crippen LogP contribution in [-0.2, 0) is 12.5 Å². The zero-order chi connectivity index (χ0) is 16.3. The lowest BCUT2D eigenvalue weighted by molar-refractivity contribution is -0.660. The molecule has 2 aromatic rings. The highest BCUT2D eigenvalue weighted by Crippen LogP contribution is 2.48. The molecule has 1 aliphatic rings. The Morgan fingerprint density at radius 3 is 2.62 bits per heavy atom. The maximum Gasteiger partial charge on any atom is 0.216 e. The van der Waals surface area contributed by atoms with Crippen molar-refractivity contribution in [2.75, 3.05) is 0 Å². The smallest absolute Gasteiger partial charge is 0.201 e. The summed E-state index contributed by atoms with van der Waals surface area (Å²) in [5, 5.41) is 0. The van der Waals surface area contributed by atoms with Crippen LogP contribution in [0, 0.1) is 13.8 Å². The Kier molecular flexibility index (Phi) is 2.92. The minimum atomic E-state index is -0.537. The Balaban J connectivity index is 2.37. The SMILES string of the molecule is [2H]C1(C)CC(C)(C)c2cc[n+](C)c(-c3ccc(C)cc3C)c21. The molecule has 0 saturated carbocycles. The zero-order valence-corrected chi connectivity index (χ0v) is 14.0. The maximum absolute atomic E-state index is 8.91. The maximum atomic E-state index is 8.91. The molecular weight excluding hydrogens is 254 g/mol. The van der Waals surface area contributed by atoms with Gasteiger partial charge in [-0.15, -0.1) is 0 Å². The topological polar surface area (TPSA) is 3.88 Å². The van der Waals surface area contributed by atoms with Gasteiger partial charge in [0, 0.05) is 18.6 Å². The fourth-order valence-electron chi connectivity index (χ4n) is 3.89. The summed E-state index contributed by atoms with van der Waals surface area (Å²) in [4.78, 5) is 0. The van der Waals surface area contributed by atoms with Gasteiger partial charge in [-0.05, 0) is 48.8 Å². The molecule has 0 N–H and O–H groups in total. The summed E-state index contributed by atoms with van der Waals surface area (Å²) in [7, 11) is 2.09. The van der Waals surface area contributed by atoms with E-state index in [2.05, 4.69) is 76.7 Å². The number of rotatable bonds is 1. The van der Waals surface area contributed by atoms with Crippen LogP contribution in [0.15, 0.2) is 30.5 Å². The number of fused-ring (bicyclic) bond motifs is 1. The van der Waals surface area contributed by atoms with Gasteiger partial charge in [-0.1, -0.05) is 38.5 Å². The minimum Gasteiger partial charge on any atom is -0.201 e. The Bertz CT molecular complexity index is 757. The third-order valence-corrected chi connectivity index (χ3v) is 4.82. The summed E-state index contributed by atoms with van der Waals surface area (Å²) in [6.45, 7) is 10.9. The summed E-state index contributed by atoms with van der Waals surface area (Å²) in [5.41, 5.74) is 7.62. The largest absolute Gasteiger partial charge is 0.216 e. The summed E-state index contributed by atoms with van der Waals surface area (Å²) in [6.07, 6.45) is 3.02. The van der Waals surface area contributed by atoms with Crippen LogP contribution in [0.2, 0.25) is 0 Å². The van der Waals surface area contributed by atoms with Gasteiger partial charge in [0.15, 0.2) is 6.20 Å². The second-order valence-electron chi connectivity index (χ2n) is 7.22. The average molecular weight is 281 g/mol. The molecular formula is C20H26N+. The normalized spacial score (nSPS) is 23.8. The number of nitrogens with zero attached hydrogens (tertiary/aromatic N) is 1. The molecule has 3 rings (SSSR count). The number of aryl methyl sites for hydroxylation is 3. The van der Waals surface area contributed by atoms with Crippen LogP contribution in [0.4, 0.5) is 0 Å². The average Bonchev–Trinajstić information content (AvgIpc) is 2.56. The Labute approximate surface area is 130 Å². The Morgan fingerprint density at radius 1 is 1.24 bits per heavy atom. The number of benzene rings is 1. The molecule has 0 aliphatic heterocycles. The van der Waals surface area contributed by atoms with E-state index >= 15 is 0 Å². The predicted octanol–water partition coefficient (Wildman–Crippen LogP) is 4.58. The Hall–Kier alpha value is -1.63. The van der Waals surface area contributed by atoms with Crippen molar-refractivity contribution in [1.29, 1.82) is 0 Å². The summed E-state index contributed by atoms with van der Waals surface area (Å²) < 4.78 is 11.1. The highest BCUT2D eigenvalue weighted by molar-refractivity contribution is 5.68. The van der Waals surface area contributed by atoms with E-state index in [1.54, 1.807) is 0 Å². The highest BCUT2D eigenvalue weighted by Gasteiger charge is 2.39. The van der Waals surface area contributed by atoms with Gasteiger partial charge >= 0.3 is 0 Å². The van der Waals surface area contributed by atoms with Gasteiger partial charge in [0.1, 0.15) is 7.05 Å². The first-order valence-corrected chi connectivity index (χ1v) is 7.75. The van der Waals surface area contributed by atoms with E-state index in [0.717, 1.165) is 6.42 Å².